The Morgan fingerprint density at radius 1 is 1.53 bits per heavy atom. The molecular formula is C13H18N2O4. The predicted molar refractivity (Wildman–Crippen MR) is 69.1 cm³/mol. The van der Waals surface area contributed by atoms with Crippen molar-refractivity contribution in [3.8, 4) is 0 Å². The van der Waals surface area contributed by atoms with E-state index in [1.54, 1.807) is 6.92 Å². The molecule has 6 nitrogen and oxygen atoms in total. The zero-order valence-corrected chi connectivity index (χ0v) is 11.3. The Morgan fingerprint density at radius 3 is 2.63 bits per heavy atom. The summed E-state index contributed by atoms with van der Waals surface area (Å²) in [6.45, 7) is 8.73. The Balaban J connectivity index is 3.11. The second-order valence-corrected chi connectivity index (χ2v) is 4.53. The summed E-state index contributed by atoms with van der Waals surface area (Å²) in [6, 6.07) is 0. The zero-order chi connectivity index (χ0) is 14.6. The van der Waals surface area contributed by atoms with Crippen LogP contribution in [0.15, 0.2) is 17.2 Å². The number of amides is 1. The molecule has 0 aliphatic rings. The van der Waals surface area contributed by atoms with Crippen LogP contribution in [0.25, 0.3) is 0 Å². The maximum Gasteiger partial charge on any atom is 0.323 e. The van der Waals surface area contributed by atoms with Gasteiger partial charge in [-0.2, -0.15) is 0 Å². The number of hydrogen-bond acceptors (Lipinski definition) is 4. The number of rotatable bonds is 6. The Hall–Kier alpha value is -2.11. The smallest absolute Gasteiger partial charge is 0.323 e. The normalized spacial score (nSPS) is 10.5. The van der Waals surface area contributed by atoms with E-state index in [1.165, 1.54) is 11.0 Å². The average Bonchev–Trinajstić information content (AvgIpc) is 2.69. The zero-order valence-electron chi connectivity index (χ0n) is 11.3. The quantitative estimate of drug-likeness (QED) is 0.794. The van der Waals surface area contributed by atoms with Crippen LogP contribution in [0.2, 0.25) is 0 Å². The van der Waals surface area contributed by atoms with E-state index in [2.05, 4.69) is 11.7 Å². The van der Waals surface area contributed by atoms with E-state index in [0.717, 1.165) is 0 Å². The molecule has 1 rings (SSSR count). The van der Waals surface area contributed by atoms with E-state index in [9.17, 15) is 9.59 Å². The Kier molecular flexibility index (Phi) is 4.86. The second kappa shape index (κ2) is 6.17. The van der Waals surface area contributed by atoms with Gasteiger partial charge in [-0.15, -0.1) is 6.58 Å². The lowest BCUT2D eigenvalue weighted by Crippen LogP contribution is -2.36. The molecular weight excluding hydrogens is 248 g/mol. The van der Waals surface area contributed by atoms with E-state index in [4.69, 9.17) is 9.63 Å². The van der Waals surface area contributed by atoms with Crippen LogP contribution < -0.4 is 0 Å². The fraction of sp³-hybridized carbons (Fsp3) is 0.462. The number of aromatic nitrogens is 1. The fourth-order valence-corrected chi connectivity index (χ4v) is 1.74. The molecule has 19 heavy (non-hydrogen) atoms. The summed E-state index contributed by atoms with van der Waals surface area (Å²) in [5.41, 5.74) is 0.811. The van der Waals surface area contributed by atoms with Gasteiger partial charge in [-0.05, 0) is 6.92 Å². The van der Waals surface area contributed by atoms with Crippen molar-refractivity contribution in [2.24, 2.45) is 0 Å². The van der Waals surface area contributed by atoms with Crippen molar-refractivity contribution < 1.29 is 19.2 Å². The van der Waals surface area contributed by atoms with Crippen molar-refractivity contribution in [3.05, 3.63) is 29.7 Å². The Labute approximate surface area is 111 Å². The van der Waals surface area contributed by atoms with E-state index >= 15 is 0 Å². The number of carboxylic acids is 1. The number of carbonyl (C=O) groups excluding carboxylic acids is 1. The van der Waals surface area contributed by atoms with E-state index in [0.29, 0.717) is 17.0 Å². The summed E-state index contributed by atoms with van der Waals surface area (Å²) < 4.78 is 5.14. The van der Waals surface area contributed by atoms with Crippen molar-refractivity contribution in [3.63, 3.8) is 0 Å². The van der Waals surface area contributed by atoms with Gasteiger partial charge in [0.2, 0.25) is 0 Å². The largest absolute Gasteiger partial charge is 0.480 e. The van der Waals surface area contributed by atoms with Crippen molar-refractivity contribution >= 4 is 11.9 Å². The second-order valence-electron chi connectivity index (χ2n) is 4.53. The fourth-order valence-electron chi connectivity index (χ4n) is 1.74. The molecule has 1 heterocycles. The minimum atomic E-state index is -1.07. The molecule has 0 aromatic carbocycles. The summed E-state index contributed by atoms with van der Waals surface area (Å²) in [5.74, 6) is -1.00. The highest BCUT2D eigenvalue weighted by Crippen LogP contribution is 2.23. The molecule has 0 radical (unpaired) electrons. The molecule has 1 amide bonds. The van der Waals surface area contributed by atoms with Crippen LogP contribution in [-0.2, 0) is 4.79 Å². The first-order chi connectivity index (χ1) is 8.88. The first kappa shape index (κ1) is 14.9. The lowest BCUT2D eigenvalue weighted by atomic mass is 10.0. The van der Waals surface area contributed by atoms with E-state index < -0.39 is 11.9 Å². The third-order valence-electron chi connectivity index (χ3n) is 2.59. The van der Waals surface area contributed by atoms with Gasteiger partial charge in [-0.25, -0.2) is 0 Å². The van der Waals surface area contributed by atoms with Gasteiger partial charge in [0.25, 0.3) is 5.91 Å². The minimum Gasteiger partial charge on any atom is -0.480 e. The Bertz CT molecular complexity index is 491. The van der Waals surface area contributed by atoms with Gasteiger partial charge < -0.3 is 14.5 Å². The molecule has 104 valence electrons. The van der Waals surface area contributed by atoms with Gasteiger partial charge in [0, 0.05) is 12.5 Å². The topological polar surface area (TPSA) is 83.6 Å². The first-order valence-electron chi connectivity index (χ1n) is 5.96. The van der Waals surface area contributed by atoms with Gasteiger partial charge in [0.1, 0.15) is 12.1 Å². The number of carboxylic acid groups (broad SMARTS) is 1. The van der Waals surface area contributed by atoms with Crippen LogP contribution in [0.1, 0.15) is 41.6 Å². The molecule has 0 saturated carbocycles. The maximum atomic E-state index is 12.4. The number of hydrogen-bond donors (Lipinski definition) is 1. The summed E-state index contributed by atoms with van der Waals surface area (Å²) in [7, 11) is 0. The molecule has 0 atom stereocenters. The lowest BCUT2D eigenvalue weighted by molar-refractivity contribution is -0.137. The van der Waals surface area contributed by atoms with Gasteiger partial charge in [0.15, 0.2) is 5.76 Å². The highest BCUT2D eigenvalue weighted by Gasteiger charge is 2.27. The highest BCUT2D eigenvalue weighted by molar-refractivity contribution is 5.97. The summed E-state index contributed by atoms with van der Waals surface area (Å²) >= 11 is 0. The van der Waals surface area contributed by atoms with E-state index in [1.807, 2.05) is 13.8 Å². The molecule has 1 aromatic rings. The number of aliphatic carboxylic acids is 1. The van der Waals surface area contributed by atoms with E-state index in [-0.39, 0.29) is 19.0 Å². The van der Waals surface area contributed by atoms with Crippen LogP contribution in [0.4, 0.5) is 0 Å². The number of aryl methyl sites for hydroxylation is 1. The molecule has 0 saturated heterocycles. The van der Waals surface area contributed by atoms with Crippen LogP contribution in [0.5, 0.6) is 0 Å². The molecule has 1 aromatic heterocycles. The van der Waals surface area contributed by atoms with Crippen molar-refractivity contribution in [2.75, 3.05) is 13.1 Å². The summed E-state index contributed by atoms with van der Waals surface area (Å²) in [4.78, 5) is 24.4. The molecule has 0 bridgehead atoms. The molecule has 0 aliphatic carbocycles. The lowest BCUT2D eigenvalue weighted by Gasteiger charge is -2.19. The van der Waals surface area contributed by atoms with Crippen LogP contribution in [0, 0.1) is 6.92 Å². The maximum absolute atomic E-state index is 12.4. The molecule has 0 fully saturated rings. The van der Waals surface area contributed by atoms with Gasteiger partial charge >= 0.3 is 5.97 Å². The molecule has 0 unspecified atom stereocenters. The number of nitrogens with zero attached hydrogens (tertiary/aromatic N) is 2. The monoisotopic (exact) mass is 266 g/mol. The summed E-state index contributed by atoms with van der Waals surface area (Å²) in [6.07, 6.45) is 1.48. The van der Waals surface area contributed by atoms with Crippen LogP contribution in [-0.4, -0.2) is 40.1 Å². The van der Waals surface area contributed by atoms with Gasteiger partial charge in [-0.1, -0.05) is 25.1 Å². The van der Waals surface area contributed by atoms with Gasteiger partial charge in [0.05, 0.1) is 5.69 Å². The first-order valence-corrected chi connectivity index (χ1v) is 5.96. The Morgan fingerprint density at radius 2 is 2.16 bits per heavy atom. The standard InChI is InChI=1S/C13H18N2O4/c1-5-6-15(7-10(16)17)13(18)11-9(4)14-19-12(11)8(2)3/h5,8H,1,6-7H2,2-4H3,(H,16,17). The molecule has 1 N–H and O–H groups in total. The highest BCUT2D eigenvalue weighted by atomic mass is 16.5. The van der Waals surface area contributed by atoms with Gasteiger partial charge in [-0.3, -0.25) is 9.59 Å². The third-order valence-corrected chi connectivity index (χ3v) is 2.59. The SMILES string of the molecule is C=CCN(CC(=O)O)C(=O)c1c(C)noc1C(C)C. The molecule has 6 heteroatoms. The van der Waals surface area contributed by atoms with Crippen molar-refractivity contribution in [2.45, 2.75) is 26.7 Å². The molecule has 0 spiro atoms. The van der Waals surface area contributed by atoms with Crippen LogP contribution in [0.3, 0.4) is 0 Å². The summed E-state index contributed by atoms with van der Waals surface area (Å²) in [5, 5.41) is 12.6. The predicted octanol–water partition coefficient (Wildman–Crippen LogP) is 1.82. The molecule has 0 aliphatic heterocycles. The third kappa shape index (κ3) is 3.43. The van der Waals surface area contributed by atoms with Crippen LogP contribution >= 0.6 is 0 Å². The average molecular weight is 266 g/mol. The number of carbonyl (C=O) groups is 2. The van der Waals surface area contributed by atoms with Crippen molar-refractivity contribution in [1.29, 1.82) is 0 Å². The van der Waals surface area contributed by atoms with Crippen molar-refractivity contribution in [1.82, 2.24) is 10.1 Å². The minimum absolute atomic E-state index is 0.00411.